The zero-order chi connectivity index (χ0) is 9.57. The molecule has 0 amide bonds. The molecule has 0 spiro atoms. The molecule has 0 bridgehead atoms. The first-order valence-corrected chi connectivity index (χ1v) is 5.64. The highest BCUT2D eigenvalue weighted by Gasteiger charge is 2.40. The molecule has 1 nitrogen and oxygen atoms in total. The fraction of sp³-hybridized carbons (Fsp3) is 0.833. The van der Waals surface area contributed by atoms with Gasteiger partial charge in [-0.05, 0) is 44.1 Å². The van der Waals surface area contributed by atoms with Gasteiger partial charge in [-0.2, -0.15) is 0 Å². The number of allylic oxidation sites excluding steroid dienone is 1. The van der Waals surface area contributed by atoms with Gasteiger partial charge in [0.25, 0.3) is 0 Å². The van der Waals surface area contributed by atoms with Gasteiger partial charge in [0, 0.05) is 6.54 Å². The molecule has 1 aliphatic rings. The van der Waals surface area contributed by atoms with Crippen LogP contribution < -0.4 is 5.32 Å². The lowest BCUT2D eigenvalue weighted by molar-refractivity contribution is 0.420. The summed E-state index contributed by atoms with van der Waals surface area (Å²) >= 11 is 0. The highest BCUT2D eigenvalue weighted by Crippen LogP contribution is 2.48. The van der Waals surface area contributed by atoms with Crippen molar-refractivity contribution in [2.24, 2.45) is 5.41 Å². The van der Waals surface area contributed by atoms with Crippen molar-refractivity contribution in [1.82, 2.24) is 5.32 Å². The molecule has 0 heterocycles. The minimum Gasteiger partial charge on any atom is -0.316 e. The van der Waals surface area contributed by atoms with Gasteiger partial charge in [-0.25, -0.2) is 0 Å². The second kappa shape index (κ2) is 5.43. The van der Waals surface area contributed by atoms with Gasteiger partial charge < -0.3 is 5.32 Å². The first-order chi connectivity index (χ1) is 6.33. The normalized spacial score (nSPS) is 18.5. The monoisotopic (exact) mass is 181 g/mol. The van der Waals surface area contributed by atoms with E-state index < -0.39 is 0 Å². The van der Waals surface area contributed by atoms with Crippen LogP contribution >= 0.6 is 0 Å². The van der Waals surface area contributed by atoms with E-state index in [0.717, 1.165) is 13.0 Å². The Morgan fingerprint density at radius 2 is 2.23 bits per heavy atom. The summed E-state index contributed by atoms with van der Waals surface area (Å²) < 4.78 is 0. The van der Waals surface area contributed by atoms with E-state index in [-0.39, 0.29) is 0 Å². The molecule has 0 aromatic rings. The molecule has 0 saturated heterocycles. The van der Waals surface area contributed by atoms with E-state index in [4.69, 9.17) is 0 Å². The van der Waals surface area contributed by atoms with Crippen molar-refractivity contribution < 1.29 is 0 Å². The van der Waals surface area contributed by atoms with Crippen LogP contribution in [0.5, 0.6) is 0 Å². The van der Waals surface area contributed by atoms with Crippen molar-refractivity contribution in [3.05, 3.63) is 12.7 Å². The summed E-state index contributed by atoms with van der Waals surface area (Å²) in [6.07, 6.45) is 10.1. The maximum absolute atomic E-state index is 3.72. The Balaban J connectivity index is 1.96. The van der Waals surface area contributed by atoms with Crippen LogP contribution in [-0.2, 0) is 0 Å². The largest absolute Gasteiger partial charge is 0.316 e. The van der Waals surface area contributed by atoms with Gasteiger partial charge in [-0.3, -0.25) is 0 Å². The Hall–Kier alpha value is -0.300. The first-order valence-electron chi connectivity index (χ1n) is 5.64. The predicted molar refractivity (Wildman–Crippen MR) is 58.9 cm³/mol. The van der Waals surface area contributed by atoms with E-state index in [1.54, 1.807) is 0 Å². The van der Waals surface area contributed by atoms with Crippen LogP contribution in [0, 0.1) is 5.41 Å². The molecule has 0 radical (unpaired) electrons. The van der Waals surface area contributed by atoms with Crippen molar-refractivity contribution in [2.45, 2.75) is 45.4 Å². The lowest BCUT2D eigenvalue weighted by atomic mass is 10.0. The predicted octanol–water partition coefficient (Wildman–Crippen LogP) is 3.12. The van der Waals surface area contributed by atoms with Crippen molar-refractivity contribution in [2.75, 3.05) is 13.1 Å². The minimum absolute atomic E-state index is 0.711. The third-order valence-electron chi connectivity index (χ3n) is 3.00. The van der Waals surface area contributed by atoms with Gasteiger partial charge in [-0.1, -0.05) is 19.4 Å². The van der Waals surface area contributed by atoms with Crippen LogP contribution in [0.3, 0.4) is 0 Å². The summed E-state index contributed by atoms with van der Waals surface area (Å²) in [7, 11) is 0. The fourth-order valence-corrected chi connectivity index (χ4v) is 1.95. The minimum atomic E-state index is 0.711. The van der Waals surface area contributed by atoms with Gasteiger partial charge in [0.15, 0.2) is 0 Å². The van der Waals surface area contributed by atoms with Crippen LogP contribution in [0.15, 0.2) is 12.7 Å². The maximum atomic E-state index is 3.72. The lowest BCUT2D eigenvalue weighted by Gasteiger charge is -2.14. The molecule has 1 N–H and O–H groups in total. The molecule has 0 atom stereocenters. The molecule has 76 valence electrons. The van der Waals surface area contributed by atoms with Crippen molar-refractivity contribution in [3.63, 3.8) is 0 Å². The van der Waals surface area contributed by atoms with E-state index in [0.29, 0.717) is 5.41 Å². The molecule has 0 aliphatic heterocycles. The summed E-state index contributed by atoms with van der Waals surface area (Å²) in [5, 5.41) is 3.56. The Bertz CT molecular complexity index is 147. The molecule has 0 unspecified atom stereocenters. The number of rotatable bonds is 8. The summed E-state index contributed by atoms with van der Waals surface area (Å²) in [6.45, 7) is 8.42. The Morgan fingerprint density at radius 3 is 2.77 bits per heavy atom. The van der Waals surface area contributed by atoms with Gasteiger partial charge in [0.05, 0.1) is 0 Å². The smallest absolute Gasteiger partial charge is 0.000781 e. The van der Waals surface area contributed by atoms with E-state index in [1.807, 2.05) is 6.08 Å². The molecular formula is C12H23N. The zero-order valence-corrected chi connectivity index (χ0v) is 8.94. The second-order valence-corrected chi connectivity index (χ2v) is 4.36. The standard InChI is InChI=1S/C12H23N/c1-3-5-6-10-13-11-12(7-4-2)8-9-12/h3,13H,1,4-11H2,2H3. The number of unbranched alkanes of at least 4 members (excludes halogenated alkanes) is 1. The maximum Gasteiger partial charge on any atom is 0.000781 e. The zero-order valence-electron chi connectivity index (χ0n) is 8.94. The average Bonchev–Trinajstić information content (AvgIpc) is 2.86. The highest BCUT2D eigenvalue weighted by molar-refractivity contribution is 4.94. The number of hydrogen-bond donors (Lipinski definition) is 1. The molecule has 1 fully saturated rings. The van der Waals surface area contributed by atoms with Gasteiger partial charge in [0.2, 0.25) is 0 Å². The molecular weight excluding hydrogens is 158 g/mol. The quantitative estimate of drug-likeness (QED) is 0.448. The van der Waals surface area contributed by atoms with Crippen LogP contribution in [0.2, 0.25) is 0 Å². The van der Waals surface area contributed by atoms with Gasteiger partial charge in [-0.15, -0.1) is 6.58 Å². The first kappa shape index (κ1) is 10.8. The molecule has 0 aromatic carbocycles. The van der Waals surface area contributed by atoms with E-state index in [2.05, 4.69) is 18.8 Å². The fourth-order valence-electron chi connectivity index (χ4n) is 1.95. The molecule has 1 aliphatic carbocycles. The van der Waals surface area contributed by atoms with Crippen molar-refractivity contribution in [1.29, 1.82) is 0 Å². The molecule has 1 saturated carbocycles. The summed E-state index contributed by atoms with van der Waals surface area (Å²) in [4.78, 5) is 0. The van der Waals surface area contributed by atoms with E-state index in [1.165, 1.54) is 38.6 Å². The third-order valence-corrected chi connectivity index (χ3v) is 3.00. The molecule has 13 heavy (non-hydrogen) atoms. The second-order valence-electron chi connectivity index (χ2n) is 4.36. The SMILES string of the molecule is C=CCCCNCC1(CCC)CC1. The van der Waals surface area contributed by atoms with Gasteiger partial charge >= 0.3 is 0 Å². The highest BCUT2D eigenvalue weighted by atomic mass is 14.9. The van der Waals surface area contributed by atoms with Gasteiger partial charge in [0.1, 0.15) is 0 Å². The van der Waals surface area contributed by atoms with Crippen LogP contribution in [0.25, 0.3) is 0 Å². The summed E-state index contributed by atoms with van der Waals surface area (Å²) in [5.74, 6) is 0. The van der Waals surface area contributed by atoms with Crippen LogP contribution in [0.4, 0.5) is 0 Å². The average molecular weight is 181 g/mol. The Morgan fingerprint density at radius 1 is 1.46 bits per heavy atom. The topological polar surface area (TPSA) is 12.0 Å². The molecule has 1 heteroatoms. The Kier molecular flexibility index (Phi) is 4.51. The van der Waals surface area contributed by atoms with Crippen LogP contribution in [-0.4, -0.2) is 13.1 Å². The van der Waals surface area contributed by atoms with Crippen molar-refractivity contribution >= 4 is 0 Å². The van der Waals surface area contributed by atoms with Crippen LogP contribution in [0.1, 0.15) is 45.4 Å². The Labute approximate surface area is 82.6 Å². The van der Waals surface area contributed by atoms with Crippen molar-refractivity contribution in [3.8, 4) is 0 Å². The number of nitrogens with one attached hydrogen (secondary N) is 1. The number of hydrogen-bond acceptors (Lipinski definition) is 1. The van der Waals surface area contributed by atoms with E-state index >= 15 is 0 Å². The summed E-state index contributed by atoms with van der Waals surface area (Å²) in [5.41, 5.74) is 0.711. The summed E-state index contributed by atoms with van der Waals surface area (Å²) in [6, 6.07) is 0. The van der Waals surface area contributed by atoms with E-state index in [9.17, 15) is 0 Å². The molecule has 1 rings (SSSR count). The third kappa shape index (κ3) is 3.95. The molecule has 0 aromatic heterocycles. The lowest BCUT2D eigenvalue weighted by Crippen LogP contribution is -2.24.